The Morgan fingerprint density at radius 3 is 2.65 bits per heavy atom. The van der Waals surface area contributed by atoms with Crippen LogP contribution in [0.4, 0.5) is 20.4 Å². The number of anilines is 2. The Bertz CT molecular complexity index is 365. The lowest BCUT2D eigenvalue weighted by molar-refractivity contribution is 0.0991. The molecule has 8 heteroatoms. The van der Waals surface area contributed by atoms with Gasteiger partial charge in [0.05, 0.1) is 19.8 Å². The summed E-state index contributed by atoms with van der Waals surface area (Å²) in [6.07, 6.45) is 0. The van der Waals surface area contributed by atoms with Crippen molar-refractivity contribution < 1.29 is 18.6 Å². The van der Waals surface area contributed by atoms with E-state index in [1.165, 1.54) is 0 Å². The highest BCUT2D eigenvalue weighted by Gasteiger charge is 2.10. The number of nitrogens with one attached hydrogen (secondary N) is 2. The Balaban J connectivity index is 2.52. The number of nitrogens with two attached hydrogens (primary N) is 1. The summed E-state index contributed by atoms with van der Waals surface area (Å²) in [5.41, 5.74) is 2.02. The van der Waals surface area contributed by atoms with Crippen molar-refractivity contribution in [2.75, 3.05) is 37.1 Å². The Labute approximate surface area is 96.8 Å². The quantitative estimate of drug-likeness (QED) is 0.310. The highest BCUT2D eigenvalue weighted by Crippen LogP contribution is 2.17. The lowest BCUT2D eigenvalue weighted by Crippen LogP contribution is -2.16. The first-order valence-electron chi connectivity index (χ1n) is 4.94. The molecule has 6 nitrogen and oxygen atoms in total. The number of pyridine rings is 1. The summed E-state index contributed by atoms with van der Waals surface area (Å²) in [7, 11) is 0. The van der Waals surface area contributed by atoms with Crippen LogP contribution in [0.25, 0.3) is 0 Å². The van der Waals surface area contributed by atoms with Crippen molar-refractivity contribution >= 4 is 11.6 Å². The minimum atomic E-state index is -0.868. The van der Waals surface area contributed by atoms with Crippen LogP contribution in [0, 0.1) is 11.6 Å². The second-order valence-electron chi connectivity index (χ2n) is 3.06. The molecule has 0 atom stereocenters. The molecule has 0 saturated carbocycles. The van der Waals surface area contributed by atoms with E-state index in [0.29, 0.717) is 6.07 Å². The third-order valence-corrected chi connectivity index (χ3v) is 1.84. The van der Waals surface area contributed by atoms with Gasteiger partial charge in [-0.25, -0.2) is 19.6 Å². The molecule has 1 rings (SSSR count). The van der Waals surface area contributed by atoms with Crippen LogP contribution in [0.3, 0.4) is 0 Å². The van der Waals surface area contributed by atoms with Gasteiger partial charge in [-0.05, 0) is 0 Å². The van der Waals surface area contributed by atoms with E-state index in [4.69, 9.17) is 15.7 Å². The van der Waals surface area contributed by atoms with Crippen LogP contribution >= 0.6 is 0 Å². The monoisotopic (exact) mass is 248 g/mol. The molecule has 1 aromatic heterocycles. The van der Waals surface area contributed by atoms with Gasteiger partial charge < -0.3 is 20.6 Å². The van der Waals surface area contributed by atoms with Crippen molar-refractivity contribution in [3.05, 3.63) is 17.7 Å². The maximum atomic E-state index is 13.2. The van der Waals surface area contributed by atoms with Crippen molar-refractivity contribution in [2.24, 2.45) is 5.84 Å². The summed E-state index contributed by atoms with van der Waals surface area (Å²) < 4.78 is 31.2. The fourth-order valence-electron chi connectivity index (χ4n) is 1.10. The summed E-state index contributed by atoms with van der Waals surface area (Å²) >= 11 is 0. The maximum absolute atomic E-state index is 13.2. The van der Waals surface area contributed by atoms with Crippen LogP contribution in [0.5, 0.6) is 0 Å². The molecule has 1 heterocycles. The highest BCUT2D eigenvalue weighted by atomic mass is 19.1. The average molecular weight is 248 g/mol. The molecule has 96 valence electrons. The second-order valence-corrected chi connectivity index (χ2v) is 3.06. The van der Waals surface area contributed by atoms with Crippen molar-refractivity contribution in [3.63, 3.8) is 0 Å². The molecule has 0 spiro atoms. The smallest absolute Gasteiger partial charge is 0.178 e. The number of aromatic nitrogens is 1. The Kier molecular flexibility index (Phi) is 5.53. The van der Waals surface area contributed by atoms with Gasteiger partial charge in [0.15, 0.2) is 23.3 Å². The van der Waals surface area contributed by atoms with E-state index in [1.807, 2.05) is 5.43 Å². The third-order valence-electron chi connectivity index (χ3n) is 1.84. The van der Waals surface area contributed by atoms with Crippen LogP contribution in [-0.4, -0.2) is 36.5 Å². The molecule has 0 radical (unpaired) electrons. The molecule has 1 aromatic rings. The first-order valence-corrected chi connectivity index (χ1v) is 4.94. The van der Waals surface area contributed by atoms with Crippen molar-refractivity contribution in [2.45, 2.75) is 0 Å². The number of nitrogens with zero attached hydrogens (tertiary/aromatic N) is 1. The molecule has 5 N–H and O–H groups in total. The van der Waals surface area contributed by atoms with E-state index in [0.717, 1.165) is 0 Å². The van der Waals surface area contributed by atoms with Crippen LogP contribution in [0.15, 0.2) is 6.07 Å². The molecule has 0 amide bonds. The van der Waals surface area contributed by atoms with Gasteiger partial charge in [0.1, 0.15) is 0 Å². The van der Waals surface area contributed by atoms with Crippen LogP contribution in [0.2, 0.25) is 0 Å². The first-order chi connectivity index (χ1) is 8.19. The number of aliphatic hydroxyl groups is 1. The van der Waals surface area contributed by atoms with Gasteiger partial charge in [-0.2, -0.15) is 0 Å². The van der Waals surface area contributed by atoms with Gasteiger partial charge in [-0.3, -0.25) is 0 Å². The average Bonchev–Trinajstić information content (AvgIpc) is 2.31. The van der Waals surface area contributed by atoms with Gasteiger partial charge in [0, 0.05) is 12.6 Å². The topological polar surface area (TPSA) is 92.4 Å². The van der Waals surface area contributed by atoms with E-state index < -0.39 is 11.6 Å². The zero-order chi connectivity index (χ0) is 12.7. The Hall–Kier alpha value is -1.51. The van der Waals surface area contributed by atoms with Crippen molar-refractivity contribution in [1.82, 2.24) is 4.98 Å². The number of aliphatic hydroxyl groups excluding tert-OH is 1. The number of halogens is 2. The Morgan fingerprint density at radius 1 is 1.29 bits per heavy atom. The lowest BCUT2D eigenvalue weighted by atomic mass is 10.4. The van der Waals surface area contributed by atoms with Gasteiger partial charge in [-0.1, -0.05) is 0 Å². The minimum Gasteiger partial charge on any atom is -0.394 e. The molecular weight excluding hydrogens is 234 g/mol. The summed E-state index contributed by atoms with van der Waals surface area (Å²) in [6.45, 7) is 0.672. The predicted molar refractivity (Wildman–Crippen MR) is 58.4 cm³/mol. The van der Waals surface area contributed by atoms with E-state index in [2.05, 4.69) is 10.3 Å². The molecular formula is C9H14F2N4O2. The van der Waals surface area contributed by atoms with Gasteiger partial charge in [0.2, 0.25) is 0 Å². The molecule has 0 aliphatic heterocycles. The SMILES string of the molecule is NNc1nc(NCCOCCO)c(F)cc1F. The fraction of sp³-hybridized carbons (Fsp3) is 0.444. The minimum absolute atomic E-state index is 0.0790. The number of rotatable bonds is 7. The number of hydrogen-bond acceptors (Lipinski definition) is 6. The third kappa shape index (κ3) is 4.10. The van der Waals surface area contributed by atoms with E-state index >= 15 is 0 Å². The molecule has 17 heavy (non-hydrogen) atoms. The molecule has 0 bridgehead atoms. The molecule has 0 unspecified atom stereocenters. The number of hydrazine groups is 1. The summed E-state index contributed by atoms with van der Waals surface area (Å²) in [4.78, 5) is 3.61. The maximum Gasteiger partial charge on any atom is 0.178 e. The molecule has 0 aromatic carbocycles. The van der Waals surface area contributed by atoms with Crippen molar-refractivity contribution in [3.8, 4) is 0 Å². The molecule has 0 saturated heterocycles. The van der Waals surface area contributed by atoms with E-state index in [9.17, 15) is 8.78 Å². The second kappa shape index (κ2) is 6.94. The lowest BCUT2D eigenvalue weighted by Gasteiger charge is -2.09. The molecule has 0 fully saturated rings. The standard InChI is InChI=1S/C9H14F2N4O2/c10-6-5-7(11)9(15-12)14-8(6)13-1-3-17-4-2-16/h5,16H,1-4,12H2,(H2,13,14,15). The normalized spacial score (nSPS) is 10.4. The summed E-state index contributed by atoms with van der Waals surface area (Å²) in [5, 5.41) is 11.1. The predicted octanol–water partition coefficient (Wildman–Crippen LogP) is 0.0662. The van der Waals surface area contributed by atoms with Gasteiger partial charge >= 0.3 is 0 Å². The van der Waals surface area contributed by atoms with Crippen LogP contribution in [-0.2, 0) is 4.74 Å². The van der Waals surface area contributed by atoms with Crippen LogP contribution < -0.4 is 16.6 Å². The zero-order valence-electron chi connectivity index (χ0n) is 9.04. The van der Waals surface area contributed by atoms with Crippen LogP contribution in [0.1, 0.15) is 0 Å². The largest absolute Gasteiger partial charge is 0.394 e. The fourth-order valence-corrected chi connectivity index (χ4v) is 1.10. The number of hydrogen-bond donors (Lipinski definition) is 4. The molecule has 0 aliphatic carbocycles. The highest BCUT2D eigenvalue weighted by molar-refractivity contribution is 5.46. The van der Waals surface area contributed by atoms with Crippen molar-refractivity contribution in [1.29, 1.82) is 0 Å². The summed E-state index contributed by atoms with van der Waals surface area (Å²) in [6, 6.07) is 0.680. The first kappa shape index (κ1) is 13.6. The van der Waals surface area contributed by atoms with E-state index in [1.54, 1.807) is 0 Å². The Morgan fingerprint density at radius 2 is 2.00 bits per heavy atom. The van der Waals surface area contributed by atoms with Gasteiger partial charge in [-0.15, -0.1) is 0 Å². The van der Waals surface area contributed by atoms with Gasteiger partial charge in [0.25, 0.3) is 0 Å². The zero-order valence-corrected chi connectivity index (χ0v) is 9.04. The number of ether oxygens (including phenoxy) is 1. The molecule has 0 aliphatic rings. The summed E-state index contributed by atoms with van der Waals surface area (Å²) in [5.74, 6) is 2.96. The number of nitrogen functional groups attached to an aromatic ring is 1. The van der Waals surface area contributed by atoms with E-state index in [-0.39, 0.29) is 38.0 Å².